The monoisotopic (exact) mass is 259 g/mol. The molecule has 11 heavy (non-hydrogen) atoms. The summed E-state index contributed by atoms with van der Waals surface area (Å²) in [6.07, 6.45) is 3.61. The van der Waals surface area contributed by atoms with Crippen LogP contribution in [-0.4, -0.2) is 9.97 Å². The first kappa shape index (κ1) is 6.90. The van der Waals surface area contributed by atoms with E-state index in [4.69, 9.17) is 5.73 Å². The molecule has 3 nitrogen and oxygen atoms in total. The summed E-state index contributed by atoms with van der Waals surface area (Å²) in [5.74, 6) is 0. The maximum Gasteiger partial charge on any atom is 0.103 e. The van der Waals surface area contributed by atoms with Gasteiger partial charge in [-0.1, -0.05) is 0 Å². The summed E-state index contributed by atoms with van der Waals surface area (Å²) in [5, 5.41) is 0. The highest BCUT2D eigenvalue weighted by atomic mass is 127. The lowest BCUT2D eigenvalue weighted by atomic mass is 10.3. The van der Waals surface area contributed by atoms with Crippen molar-refractivity contribution in [2.45, 2.75) is 0 Å². The molecule has 2 aromatic rings. The van der Waals surface area contributed by atoms with Crippen LogP contribution in [0.4, 0.5) is 5.69 Å². The minimum Gasteiger partial charge on any atom is -0.397 e. The summed E-state index contributed by atoms with van der Waals surface area (Å²) < 4.78 is 1.10. The zero-order valence-electron chi connectivity index (χ0n) is 5.63. The van der Waals surface area contributed by atoms with Crippen molar-refractivity contribution in [3.05, 3.63) is 22.0 Å². The molecule has 2 aromatic heterocycles. The van der Waals surface area contributed by atoms with Crippen molar-refractivity contribution in [1.82, 2.24) is 9.97 Å². The van der Waals surface area contributed by atoms with Crippen molar-refractivity contribution < 1.29 is 0 Å². The molecule has 0 aliphatic heterocycles. The standard InChI is InChI=1S/C7H6IN3/c8-4-3-11-7-5(9)1-2-10-6(4)7/h1-3,11H,(H2,9,10). The summed E-state index contributed by atoms with van der Waals surface area (Å²) in [4.78, 5) is 7.24. The number of nitrogen functional groups attached to an aromatic ring is 1. The van der Waals surface area contributed by atoms with E-state index >= 15 is 0 Å². The van der Waals surface area contributed by atoms with Crippen molar-refractivity contribution in [2.75, 3.05) is 5.73 Å². The molecule has 0 aromatic carbocycles. The molecule has 0 unspecified atom stereocenters. The van der Waals surface area contributed by atoms with E-state index in [2.05, 4.69) is 32.6 Å². The fraction of sp³-hybridized carbons (Fsp3) is 0. The maximum atomic E-state index is 5.69. The molecular weight excluding hydrogens is 253 g/mol. The zero-order chi connectivity index (χ0) is 7.84. The smallest absolute Gasteiger partial charge is 0.103 e. The van der Waals surface area contributed by atoms with Crippen LogP contribution >= 0.6 is 22.6 Å². The Morgan fingerprint density at radius 2 is 2.36 bits per heavy atom. The van der Waals surface area contributed by atoms with Crippen LogP contribution in [0.25, 0.3) is 11.0 Å². The van der Waals surface area contributed by atoms with Gasteiger partial charge in [-0.05, 0) is 28.7 Å². The minimum atomic E-state index is 0.748. The molecule has 0 fully saturated rings. The second-order valence-electron chi connectivity index (χ2n) is 2.26. The van der Waals surface area contributed by atoms with E-state index < -0.39 is 0 Å². The van der Waals surface area contributed by atoms with Crippen LogP contribution in [0, 0.1) is 3.57 Å². The maximum absolute atomic E-state index is 5.69. The molecule has 3 N–H and O–H groups in total. The minimum absolute atomic E-state index is 0.748. The molecule has 0 radical (unpaired) electrons. The van der Waals surface area contributed by atoms with Crippen LogP contribution in [0.3, 0.4) is 0 Å². The zero-order valence-corrected chi connectivity index (χ0v) is 7.79. The van der Waals surface area contributed by atoms with Gasteiger partial charge in [-0.2, -0.15) is 0 Å². The lowest BCUT2D eigenvalue weighted by molar-refractivity contribution is 1.41. The van der Waals surface area contributed by atoms with Gasteiger partial charge in [0.25, 0.3) is 0 Å². The SMILES string of the molecule is Nc1ccnc2c(I)c[nH]c12. The second kappa shape index (κ2) is 2.37. The van der Waals surface area contributed by atoms with Crippen LogP contribution in [0.5, 0.6) is 0 Å². The predicted molar refractivity (Wildman–Crippen MR) is 53.2 cm³/mol. The van der Waals surface area contributed by atoms with Gasteiger partial charge < -0.3 is 10.7 Å². The number of pyridine rings is 1. The van der Waals surface area contributed by atoms with E-state index in [1.54, 1.807) is 12.3 Å². The number of hydrogen-bond donors (Lipinski definition) is 2. The van der Waals surface area contributed by atoms with Crippen LogP contribution in [-0.2, 0) is 0 Å². The Bertz CT molecular complexity index is 393. The van der Waals surface area contributed by atoms with Crippen molar-refractivity contribution in [3.63, 3.8) is 0 Å². The lowest BCUT2D eigenvalue weighted by Gasteiger charge is -1.92. The first-order valence-corrected chi connectivity index (χ1v) is 4.24. The van der Waals surface area contributed by atoms with E-state index in [-0.39, 0.29) is 0 Å². The molecule has 0 atom stereocenters. The number of anilines is 1. The van der Waals surface area contributed by atoms with Crippen LogP contribution in [0.15, 0.2) is 18.5 Å². The molecule has 0 spiro atoms. The molecule has 0 bridgehead atoms. The third-order valence-corrected chi connectivity index (χ3v) is 2.37. The summed E-state index contributed by atoms with van der Waals surface area (Å²) in [6.45, 7) is 0. The highest BCUT2D eigenvalue weighted by molar-refractivity contribution is 14.1. The number of aromatic nitrogens is 2. The van der Waals surface area contributed by atoms with Gasteiger partial charge >= 0.3 is 0 Å². The Balaban J connectivity index is 2.94. The third kappa shape index (κ3) is 0.973. The summed E-state index contributed by atoms with van der Waals surface area (Å²) >= 11 is 2.22. The molecule has 2 heterocycles. The van der Waals surface area contributed by atoms with Gasteiger partial charge in [0.05, 0.1) is 14.8 Å². The molecule has 0 aliphatic carbocycles. The largest absolute Gasteiger partial charge is 0.397 e. The number of aromatic amines is 1. The first-order valence-electron chi connectivity index (χ1n) is 3.16. The Morgan fingerprint density at radius 3 is 3.09 bits per heavy atom. The molecule has 56 valence electrons. The fourth-order valence-electron chi connectivity index (χ4n) is 1.01. The number of nitrogens with zero attached hydrogens (tertiary/aromatic N) is 1. The summed E-state index contributed by atoms with van der Waals surface area (Å²) in [5.41, 5.74) is 8.32. The molecule has 4 heteroatoms. The Kier molecular flexibility index (Phi) is 1.49. The summed E-state index contributed by atoms with van der Waals surface area (Å²) in [6, 6.07) is 1.79. The average molecular weight is 259 g/mol. The third-order valence-electron chi connectivity index (χ3n) is 1.55. The van der Waals surface area contributed by atoms with Gasteiger partial charge in [0.1, 0.15) is 5.52 Å². The van der Waals surface area contributed by atoms with Crippen LogP contribution in [0.1, 0.15) is 0 Å². The quantitative estimate of drug-likeness (QED) is 0.708. The number of nitrogens with one attached hydrogen (secondary N) is 1. The van der Waals surface area contributed by atoms with E-state index in [0.717, 1.165) is 20.3 Å². The van der Waals surface area contributed by atoms with Crippen molar-refractivity contribution in [3.8, 4) is 0 Å². The lowest BCUT2D eigenvalue weighted by Crippen LogP contribution is -1.86. The summed E-state index contributed by atoms with van der Waals surface area (Å²) in [7, 11) is 0. The molecule has 0 saturated carbocycles. The highest BCUT2D eigenvalue weighted by Gasteiger charge is 2.02. The van der Waals surface area contributed by atoms with E-state index in [9.17, 15) is 0 Å². The predicted octanol–water partition coefficient (Wildman–Crippen LogP) is 1.75. The second-order valence-corrected chi connectivity index (χ2v) is 3.42. The number of H-pyrrole nitrogens is 1. The number of hydrogen-bond acceptors (Lipinski definition) is 2. The molecular formula is C7H6IN3. The number of halogens is 1. The van der Waals surface area contributed by atoms with Crippen LogP contribution < -0.4 is 5.73 Å². The first-order chi connectivity index (χ1) is 5.29. The van der Waals surface area contributed by atoms with Gasteiger partial charge in [-0.15, -0.1) is 0 Å². The molecule has 0 saturated heterocycles. The van der Waals surface area contributed by atoms with Gasteiger partial charge in [-0.3, -0.25) is 4.98 Å². The van der Waals surface area contributed by atoms with Crippen molar-refractivity contribution >= 4 is 39.3 Å². The molecule has 0 aliphatic rings. The Hall–Kier alpha value is -0.780. The van der Waals surface area contributed by atoms with Gasteiger partial charge in [0, 0.05) is 12.4 Å². The van der Waals surface area contributed by atoms with Crippen LogP contribution in [0.2, 0.25) is 0 Å². The Labute approximate surface area is 77.1 Å². The Morgan fingerprint density at radius 1 is 1.55 bits per heavy atom. The number of rotatable bonds is 0. The average Bonchev–Trinajstić information content (AvgIpc) is 2.35. The van der Waals surface area contributed by atoms with Gasteiger partial charge in [0.15, 0.2) is 0 Å². The molecule has 0 amide bonds. The topological polar surface area (TPSA) is 54.7 Å². The number of fused-ring (bicyclic) bond motifs is 1. The van der Waals surface area contributed by atoms with Gasteiger partial charge in [0.2, 0.25) is 0 Å². The van der Waals surface area contributed by atoms with Gasteiger partial charge in [-0.25, -0.2) is 0 Å². The normalized spacial score (nSPS) is 10.6. The fourth-order valence-corrected chi connectivity index (χ4v) is 1.58. The molecule has 2 rings (SSSR count). The van der Waals surface area contributed by atoms with E-state index in [1.165, 1.54) is 0 Å². The highest BCUT2D eigenvalue weighted by Crippen LogP contribution is 2.21. The number of nitrogens with two attached hydrogens (primary N) is 1. The van der Waals surface area contributed by atoms with Crippen molar-refractivity contribution in [2.24, 2.45) is 0 Å². The van der Waals surface area contributed by atoms with Crippen molar-refractivity contribution in [1.29, 1.82) is 0 Å². The van der Waals surface area contributed by atoms with E-state index in [1.807, 2.05) is 6.20 Å². The van der Waals surface area contributed by atoms with E-state index in [0.29, 0.717) is 0 Å².